The molecule has 0 saturated heterocycles. The molecule has 5 rings (SSSR count). The Hall–Kier alpha value is -4.19. The van der Waals surface area contributed by atoms with Gasteiger partial charge in [0.05, 0.1) is 36.9 Å². The normalized spacial score (nSPS) is 11.5. The Bertz CT molecular complexity index is 1340. The maximum Gasteiger partial charge on any atom is 0.247 e. The monoisotopic (exact) mass is 421 g/mol. The largest absolute Gasteiger partial charge is 0.327 e. The third-order valence-electron chi connectivity index (χ3n) is 5.50. The van der Waals surface area contributed by atoms with Crippen LogP contribution in [-0.2, 0) is 17.9 Å². The number of hydrogen-bond acceptors (Lipinski definition) is 3. The van der Waals surface area contributed by atoms with E-state index in [2.05, 4.69) is 9.97 Å². The van der Waals surface area contributed by atoms with Gasteiger partial charge in [-0.05, 0) is 42.8 Å². The second-order valence-corrected chi connectivity index (χ2v) is 7.80. The summed E-state index contributed by atoms with van der Waals surface area (Å²) in [5, 5.41) is 0. The van der Waals surface area contributed by atoms with Crippen molar-refractivity contribution in [3.05, 3.63) is 114 Å². The fourth-order valence-corrected chi connectivity index (χ4v) is 3.76. The molecule has 1 aromatic carbocycles. The number of fused-ring (bicyclic) bond motifs is 2. The molecule has 0 fully saturated rings. The van der Waals surface area contributed by atoms with Crippen LogP contribution in [0.25, 0.3) is 17.4 Å². The van der Waals surface area contributed by atoms with Crippen molar-refractivity contribution >= 4 is 23.3 Å². The summed E-state index contributed by atoms with van der Waals surface area (Å²) in [6.45, 7) is 2.91. The van der Waals surface area contributed by atoms with Gasteiger partial charge >= 0.3 is 0 Å². The lowest BCUT2D eigenvalue weighted by atomic mass is 10.1. The van der Waals surface area contributed by atoms with E-state index in [1.807, 2.05) is 112 Å². The molecule has 0 spiro atoms. The highest BCUT2D eigenvalue weighted by Crippen LogP contribution is 2.15. The molecular weight excluding hydrogens is 398 g/mol. The summed E-state index contributed by atoms with van der Waals surface area (Å²) in [5.41, 5.74) is 5.81. The minimum absolute atomic E-state index is 0.0673. The Morgan fingerprint density at radius 2 is 1.41 bits per heavy atom. The van der Waals surface area contributed by atoms with E-state index in [-0.39, 0.29) is 5.91 Å². The average molecular weight is 422 g/mol. The lowest BCUT2D eigenvalue weighted by molar-refractivity contribution is -0.127. The minimum atomic E-state index is -0.0673. The SMILES string of the molecule is Cc1ccc(/C=C/C(=O)N(Cc2cnc3ccccn23)Cc2cnc3ccccn23)cc1. The Morgan fingerprint density at radius 1 is 0.844 bits per heavy atom. The lowest BCUT2D eigenvalue weighted by Crippen LogP contribution is -2.29. The molecule has 6 nitrogen and oxygen atoms in total. The molecule has 4 heterocycles. The van der Waals surface area contributed by atoms with E-state index in [1.54, 1.807) is 6.08 Å². The number of amides is 1. The molecule has 0 atom stereocenters. The van der Waals surface area contributed by atoms with Crippen LogP contribution in [0.1, 0.15) is 22.5 Å². The first-order valence-electron chi connectivity index (χ1n) is 10.5. The van der Waals surface area contributed by atoms with Crippen LogP contribution in [0.3, 0.4) is 0 Å². The predicted molar refractivity (Wildman–Crippen MR) is 125 cm³/mol. The number of hydrogen-bond donors (Lipinski definition) is 0. The van der Waals surface area contributed by atoms with Crippen molar-refractivity contribution in [2.75, 3.05) is 0 Å². The topological polar surface area (TPSA) is 54.9 Å². The molecule has 0 aliphatic rings. The van der Waals surface area contributed by atoms with Gasteiger partial charge in [-0.1, -0.05) is 42.0 Å². The quantitative estimate of drug-likeness (QED) is 0.379. The number of carbonyl (C=O) groups excluding carboxylic acids is 1. The van der Waals surface area contributed by atoms with Gasteiger partial charge in [-0.15, -0.1) is 0 Å². The molecule has 158 valence electrons. The average Bonchev–Trinajstić information content (AvgIpc) is 3.42. The van der Waals surface area contributed by atoms with E-state index >= 15 is 0 Å². The zero-order chi connectivity index (χ0) is 21.9. The van der Waals surface area contributed by atoms with Crippen LogP contribution in [0.5, 0.6) is 0 Å². The molecule has 0 aliphatic heterocycles. The lowest BCUT2D eigenvalue weighted by Gasteiger charge is -2.21. The molecule has 1 amide bonds. The number of benzene rings is 1. The fraction of sp³-hybridized carbons (Fsp3) is 0.115. The van der Waals surface area contributed by atoms with Gasteiger partial charge in [0.15, 0.2) is 0 Å². The Kier molecular flexibility index (Phi) is 5.25. The molecule has 6 heteroatoms. The highest BCUT2D eigenvalue weighted by molar-refractivity contribution is 5.91. The van der Waals surface area contributed by atoms with Gasteiger partial charge in [-0.25, -0.2) is 9.97 Å². The van der Waals surface area contributed by atoms with E-state index in [9.17, 15) is 4.79 Å². The first kappa shape index (κ1) is 19.8. The number of carbonyl (C=O) groups is 1. The van der Waals surface area contributed by atoms with Crippen LogP contribution in [0.15, 0.2) is 91.5 Å². The van der Waals surface area contributed by atoms with Gasteiger partial charge in [0.2, 0.25) is 5.91 Å². The number of aryl methyl sites for hydroxylation is 1. The van der Waals surface area contributed by atoms with Crippen molar-refractivity contribution in [2.45, 2.75) is 20.0 Å². The molecule has 4 aromatic heterocycles. The molecule has 0 aliphatic carbocycles. The van der Waals surface area contributed by atoms with Gasteiger partial charge in [-0.3, -0.25) is 4.79 Å². The summed E-state index contributed by atoms with van der Waals surface area (Å²) < 4.78 is 4.02. The first-order valence-corrected chi connectivity index (χ1v) is 10.5. The van der Waals surface area contributed by atoms with Crippen LogP contribution in [0.4, 0.5) is 0 Å². The van der Waals surface area contributed by atoms with Crippen LogP contribution in [0, 0.1) is 6.92 Å². The minimum Gasteiger partial charge on any atom is -0.327 e. The van der Waals surface area contributed by atoms with Gasteiger partial charge < -0.3 is 13.7 Å². The number of pyridine rings is 2. The molecular formula is C26H23N5O. The Labute approximate surface area is 186 Å². The Morgan fingerprint density at radius 3 is 1.97 bits per heavy atom. The van der Waals surface area contributed by atoms with Crippen LogP contribution < -0.4 is 0 Å². The summed E-state index contributed by atoms with van der Waals surface area (Å²) in [6, 6.07) is 19.9. The van der Waals surface area contributed by atoms with Crippen LogP contribution in [0.2, 0.25) is 0 Å². The van der Waals surface area contributed by atoms with Crippen LogP contribution >= 0.6 is 0 Å². The van der Waals surface area contributed by atoms with E-state index in [1.165, 1.54) is 5.56 Å². The molecule has 0 unspecified atom stereocenters. The number of aromatic nitrogens is 4. The van der Waals surface area contributed by atoms with E-state index < -0.39 is 0 Å². The number of rotatable bonds is 6. The highest BCUT2D eigenvalue weighted by Gasteiger charge is 2.17. The maximum absolute atomic E-state index is 13.3. The Balaban J connectivity index is 1.46. The number of nitrogens with zero attached hydrogens (tertiary/aromatic N) is 5. The molecule has 0 bridgehead atoms. The zero-order valence-corrected chi connectivity index (χ0v) is 17.8. The maximum atomic E-state index is 13.3. The molecule has 0 saturated carbocycles. The molecule has 0 radical (unpaired) electrons. The van der Waals surface area contributed by atoms with Crippen molar-refractivity contribution in [3.63, 3.8) is 0 Å². The van der Waals surface area contributed by atoms with Crippen molar-refractivity contribution in [3.8, 4) is 0 Å². The second kappa shape index (κ2) is 8.51. The first-order chi connectivity index (χ1) is 15.7. The molecule has 0 N–H and O–H groups in total. The van der Waals surface area contributed by atoms with Crippen molar-refractivity contribution in [1.82, 2.24) is 23.7 Å². The third kappa shape index (κ3) is 4.03. The summed E-state index contributed by atoms with van der Waals surface area (Å²) in [6.07, 6.45) is 11.1. The molecule has 32 heavy (non-hydrogen) atoms. The zero-order valence-electron chi connectivity index (χ0n) is 17.8. The van der Waals surface area contributed by atoms with Crippen molar-refractivity contribution in [1.29, 1.82) is 0 Å². The highest BCUT2D eigenvalue weighted by atomic mass is 16.2. The van der Waals surface area contributed by atoms with E-state index in [0.717, 1.165) is 28.2 Å². The number of imidazole rings is 2. The van der Waals surface area contributed by atoms with Crippen LogP contribution in [-0.4, -0.2) is 29.6 Å². The summed E-state index contributed by atoms with van der Waals surface area (Å²) in [4.78, 5) is 24.0. The summed E-state index contributed by atoms with van der Waals surface area (Å²) in [7, 11) is 0. The standard InChI is InChI=1S/C26H23N5O/c1-20-8-10-21(11-9-20)12-13-26(32)29(18-22-16-27-24-6-2-4-14-30(22)24)19-23-17-28-25-7-3-5-15-31(23)25/h2-17H,18-19H2,1H3/b13-12+. The van der Waals surface area contributed by atoms with E-state index in [4.69, 9.17) is 0 Å². The van der Waals surface area contributed by atoms with Gasteiger partial charge in [0.25, 0.3) is 0 Å². The molecule has 5 aromatic rings. The van der Waals surface area contributed by atoms with Gasteiger partial charge in [0, 0.05) is 18.5 Å². The van der Waals surface area contributed by atoms with E-state index in [0.29, 0.717) is 13.1 Å². The summed E-state index contributed by atoms with van der Waals surface area (Å²) >= 11 is 0. The smallest absolute Gasteiger partial charge is 0.247 e. The van der Waals surface area contributed by atoms with Gasteiger partial charge in [0.1, 0.15) is 11.3 Å². The van der Waals surface area contributed by atoms with Gasteiger partial charge in [-0.2, -0.15) is 0 Å². The second-order valence-electron chi connectivity index (χ2n) is 7.80. The third-order valence-corrected chi connectivity index (χ3v) is 5.50. The fourth-order valence-electron chi connectivity index (χ4n) is 3.76. The van der Waals surface area contributed by atoms with Crippen molar-refractivity contribution < 1.29 is 4.79 Å². The predicted octanol–water partition coefficient (Wildman–Crippen LogP) is 4.53. The van der Waals surface area contributed by atoms with Crippen molar-refractivity contribution in [2.24, 2.45) is 0 Å². The summed E-state index contributed by atoms with van der Waals surface area (Å²) in [5.74, 6) is -0.0673.